The summed E-state index contributed by atoms with van der Waals surface area (Å²) < 4.78 is 76.4. The third kappa shape index (κ3) is 5.44. The standard InChI is InChI=1S/C28H27F2N3O5S2/c1-31-28(34)26-23-14-22(18-4-3-13-33(16-18)40(36,37)21-11-9-20(30)10-12-21)24(32-39(2)35)15-25(23)38-27(26)17-5-7-19(29)8-6-17/h5-12,14-15,18,32H,3-4,13,16H2,1-2H3,(H,31,34)/t18-,39?/m0/s1. The average Bonchev–Trinajstić information content (AvgIpc) is 3.31. The van der Waals surface area contributed by atoms with Gasteiger partial charge in [-0.15, -0.1) is 0 Å². The summed E-state index contributed by atoms with van der Waals surface area (Å²) in [5.74, 6) is -1.43. The fourth-order valence-electron chi connectivity index (χ4n) is 5.07. The number of hydrogen-bond donors (Lipinski definition) is 2. The Hall–Kier alpha value is -3.45. The van der Waals surface area contributed by atoms with Crippen molar-refractivity contribution in [1.82, 2.24) is 9.62 Å². The van der Waals surface area contributed by atoms with Crippen molar-refractivity contribution in [3.05, 3.63) is 83.4 Å². The number of carbonyl (C=O) groups excluding carboxylic acids is 1. The number of nitrogens with one attached hydrogen (secondary N) is 2. The van der Waals surface area contributed by atoms with E-state index < -0.39 is 38.9 Å². The SMILES string of the molecule is CNC(=O)c1c(-c2ccc(F)cc2)oc2cc(N[S+](C)[O-])c([C@H]3CCCN(S(=O)(=O)c4ccc(F)cc4)C3)cc12. The molecule has 0 radical (unpaired) electrons. The summed E-state index contributed by atoms with van der Waals surface area (Å²) in [6.45, 7) is 0.430. The molecule has 1 fully saturated rings. The first-order chi connectivity index (χ1) is 19.1. The Labute approximate surface area is 233 Å². The zero-order valence-corrected chi connectivity index (χ0v) is 23.4. The van der Waals surface area contributed by atoms with Crippen LogP contribution in [0, 0.1) is 11.6 Å². The number of sulfonamides is 1. The smallest absolute Gasteiger partial charge is 0.255 e. The molecule has 1 saturated heterocycles. The lowest BCUT2D eigenvalue weighted by molar-refractivity contribution is 0.0964. The number of rotatable bonds is 7. The Morgan fingerprint density at radius 2 is 1.73 bits per heavy atom. The van der Waals surface area contributed by atoms with E-state index in [9.17, 15) is 26.5 Å². The first-order valence-corrected chi connectivity index (χ1v) is 15.5. The molecule has 0 saturated carbocycles. The molecule has 4 aromatic rings. The van der Waals surface area contributed by atoms with E-state index in [1.807, 2.05) is 0 Å². The van der Waals surface area contributed by atoms with Crippen LogP contribution in [-0.2, 0) is 21.4 Å². The molecule has 1 unspecified atom stereocenters. The minimum Gasteiger partial charge on any atom is -0.593 e. The second-order valence-electron chi connectivity index (χ2n) is 9.54. The van der Waals surface area contributed by atoms with Crippen LogP contribution in [0.2, 0.25) is 0 Å². The molecule has 12 heteroatoms. The van der Waals surface area contributed by atoms with Gasteiger partial charge in [-0.05, 0) is 78.9 Å². The number of carbonyl (C=O) groups is 1. The van der Waals surface area contributed by atoms with Crippen molar-refractivity contribution in [1.29, 1.82) is 0 Å². The van der Waals surface area contributed by atoms with E-state index in [0.29, 0.717) is 47.2 Å². The number of anilines is 1. The van der Waals surface area contributed by atoms with Crippen molar-refractivity contribution in [2.45, 2.75) is 23.7 Å². The fourth-order valence-corrected chi connectivity index (χ4v) is 7.08. The maximum absolute atomic E-state index is 13.6. The highest BCUT2D eigenvalue weighted by molar-refractivity contribution is 7.92. The number of nitrogens with zero attached hydrogens (tertiary/aromatic N) is 1. The van der Waals surface area contributed by atoms with Crippen LogP contribution in [0.4, 0.5) is 14.5 Å². The Balaban J connectivity index is 1.61. The van der Waals surface area contributed by atoms with Crippen LogP contribution in [0.25, 0.3) is 22.3 Å². The number of fused-ring (bicyclic) bond motifs is 1. The maximum Gasteiger partial charge on any atom is 0.255 e. The normalized spacial score (nSPS) is 17.1. The van der Waals surface area contributed by atoms with Crippen LogP contribution in [-0.4, -0.2) is 49.6 Å². The van der Waals surface area contributed by atoms with Crippen LogP contribution in [0.1, 0.15) is 34.7 Å². The lowest BCUT2D eigenvalue weighted by atomic mass is 9.89. The Kier molecular flexibility index (Phi) is 7.87. The van der Waals surface area contributed by atoms with E-state index in [4.69, 9.17) is 4.42 Å². The highest BCUT2D eigenvalue weighted by Crippen LogP contribution is 2.41. The second kappa shape index (κ2) is 11.2. The molecule has 40 heavy (non-hydrogen) atoms. The summed E-state index contributed by atoms with van der Waals surface area (Å²) in [5, 5.41) is 3.11. The summed E-state index contributed by atoms with van der Waals surface area (Å²) in [6, 6.07) is 13.7. The lowest BCUT2D eigenvalue weighted by Crippen LogP contribution is -2.39. The average molecular weight is 588 g/mol. The number of furan rings is 1. The van der Waals surface area contributed by atoms with Gasteiger partial charge in [-0.3, -0.25) is 4.79 Å². The molecular formula is C28H27F2N3O5S2. The molecule has 8 nitrogen and oxygen atoms in total. The Morgan fingerprint density at radius 1 is 1.07 bits per heavy atom. The first kappa shape index (κ1) is 28.1. The highest BCUT2D eigenvalue weighted by Gasteiger charge is 2.33. The van der Waals surface area contributed by atoms with E-state index in [1.54, 1.807) is 12.1 Å². The van der Waals surface area contributed by atoms with Crippen molar-refractivity contribution in [3.63, 3.8) is 0 Å². The molecule has 1 aromatic heterocycles. The van der Waals surface area contributed by atoms with Crippen LogP contribution in [0.15, 0.2) is 70.0 Å². The molecule has 3 aromatic carbocycles. The van der Waals surface area contributed by atoms with Crippen molar-refractivity contribution < 1.29 is 31.0 Å². The molecule has 0 spiro atoms. The van der Waals surface area contributed by atoms with E-state index >= 15 is 0 Å². The quantitative estimate of drug-likeness (QED) is 0.294. The van der Waals surface area contributed by atoms with Crippen LogP contribution in [0.5, 0.6) is 0 Å². The molecule has 1 aliphatic rings. The topological polar surface area (TPSA) is 115 Å². The number of benzene rings is 3. The molecule has 5 rings (SSSR count). The molecule has 2 atom stereocenters. The van der Waals surface area contributed by atoms with Crippen LogP contribution in [0.3, 0.4) is 0 Å². The predicted molar refractivity (Wildman–Crippen MR) is 150 cm³/mol. The van der Waals surface area contributed by atoms with Crippen LogP contribution >= 0.6 is 0 Å². The van der Waals surface area contributed by atoms with Crippen molar-refractivity contribution in [3.8, 4) is 11.3 Å². The minimum atomic E-state index is -3.89. The Bertz CT molecular complexity index is 1660. The third-order valence-electron chi connectivity index (χ3n) is 6.95. The Morgan fingerprint density at radius 3 is 2.35 bits per heavy atom. The summed E-state index contributed by atoms with van der Waals surface area (Å²) >= 11 is -1.46. The van der Waals surface area contributed by atoms with E-state index in [-0.39, 0.29) is 28.7 Å². The molecule has 1 aliphatic heterocycles. The highest BCUT2D eigenvalue weighted by atomic mass is 32.2. The summed E-state index contributed by atoms with van der Waals surface area (Å²) in [6.07, 6.45) is 2.68. The molecule has 2 N–H and O–H groups in total. The molecular weight excluding hydrogens is 560 g/mol. The van der Waals surface area contributed by atoms with Crippen molar-refractivity contribution in [2.75, 3.05) is 31.1 Å². The first-order valence-electron chi connectivity index (χ1n) is 12.5. The van der Waals surface area contributed by atoms with Gasteiger partial charge in [-0.1, -0.05) is 0 Å². The van der Waals surface area contributed by atoms with Crippen molar-refractivity contribution in [2.24, 2.45) is 0 Å². The van der Waals surface area contributed by atoms with Gasteiger partial charge in [0.25, 0.3) is 5.91 Å². The van der Waals surface area contributed by atoms with E-state index in [2.05, 4.69) is 10.0 Å². The van der Waals surface area contributed by atoms with Gasteiger partial charge >= 0.3 is 0 Å². The number of halogens is 2. The molecule has 1 amide bonds. The lowest BCUT2D eigenvalue weighted by Gasteiger charge is -2.33. The number of amides is 1. The van der Waals surface area contributed by atoms with Crippen molar-refractivity contribution >= 4 is 43.9 Å². The monoisotopic (exact) mass is 587 g/mol. The molecule has 0 aliphatic carbocycles. The van der Waals surface area contributed by atoms with E-state index in [0.717, 1.165) is 12.1 Å². The number of hydrogen-bond acceptors (Lipinski definition) is 6. The molecule has 0 bridgehead atoms. The predicted octanol–water partition coefficient (Wildman–Crippen LogP) is 5.01. The van der Waals surface area contributed by atoms with E-state index in [1.165, 1.54) is 54.0 Å². The van der Waals surface area contributed by atoms with Gasteiger partial charge in [-0.25, -0.2) is 21.9 Å². The zero-order valence-electron chi connectivity index (χ0n) is 21.7. The van der Waals surface area contributed by atoms with Gasteiger partial charge in [0, 0.05) is 37.2 Å². The van der Waals surface area contributed by atoms with Gasteiger partial charge in [-0.2, -0.15) is 4.31 Å². The third-order valence-corrected chi connectivity index (χ3v) is 9.34. The maximum atomic E-state index is 13.6. The van der Waals surface area contributed by atoms with Gasteiger partial charge in [0.05, 0.1) is 27.5 Å². The zero-order chi connectivity index (χ0) is 28.6. The van der Waals surface area contributed by atoms with Crippen LogP contribution < -0.4 is 10.0 Å². The van der Waals surface area contributed by atoms with Gasteiger partial charge in [0.2, 0.25) is 10.0 Å². The molecule has 210 valence electrons. The largest absolute Gasteiger partial charge is 0.593 e. The van der Waals surface area contributed by atoms with Gasteiger partial charge in [0.1, 0.15) is 29.2 Å². The number of piperidine rings is 1. The minimum absolute atomic E-state index is 0.00121. The second-order valence-corrected chi connectivity index (χ2v) is 12.6. The summed E-state index contributed by atoms with van der Waals surface area (Å²) in [4.78, 5) is 13.0. The summed E-state index contributed by atoms with van der Waals surface area (Å²) in [5.41, 5.74) is 2.27. The van der Waals surface area contributed by atoms with Gasteiger partial charge in [0.15, 0.2) is 0 Å². The summed E-state index contributed by atoms with van der Waals surface area (Å²) in [7, 11) is -2.39. The molecule has 2 heterocycles. The fraction of sp³-hybridized carbons (Fsp3) is 0.250. The van der Waals surface area contributed by atoms with Gasteiger partial charge < -0.3 is 14.3 Å².